The SMILES string of the molecule is CCCCCCCCCOC(=O)C(C)(C)CCCCCCN(CCO)CCCCCC(C)(C)COC(=O)CCCCCCCC(C)C. The Morgan fingerprint density at radius 2 is 1.17 bits per heavy atom. The average Bonchev–Trinajstić information content (AvgIpc) is 3.02. The normalized spacial score (nSPS) is 12.3. The molecule has 0 saturated heterocycles. The van der Waals surface area contributed by atoms with Gasteiger partial charge < -0.3 is 19.5 Å². The fraction of sp³-hybridized carbons (Fsp3) is 0.951. The van der Waals surface area contributed by atoms with Crippen LogP contribution in [-0.2, 0) is 19.1 Å². The van der Waals surface area contributed by atoms with Gasteiger partial charge in [-0.2, -0.15) is 0 Å². The molecule has 6 heteroatoms. The number of esters is 2. The number of aliphatic hydroxyl groups excluding tert-OH is 1. The fourth-order valence-electron chi connectivity index (χ4n) is 6.14. The molecule has 0 aromatic heterocycles. The van der Waals surface area contributed by atoms with Crippen LogP contribution in [0.4, 0.5) is 0 Å². The maximum absolute atomic E-state index is 12.6. The molecular weight excluding hydrogens is 586 g/mol. The molecule has 0 aromatic carbocycles. The van der Waals surface area contributed by atoms with Crippen LogP contribution >= 0.6 is 0 Å². The largest absolute Gasteiger partial charge is 0.465 e. The molecule has 0 aliphatic carbocycles. The first kappa shape index (κ1) is 45.9. The first-order chi connectivity index (χ1) is 22.4. The zero-order valence-electron chi connectivity index (χ0n) is 32.6. The number of nitrogens with zero attached hydrogens (tertiary/aromatic N) is 1. The number of carbonyl (C=O) groups excluding carboxylic acids is 2. The Kier molecular flexibility index (Phi) is 29.0. The summed E-state index contributed by atoms with van der Waals surface area (Å²) in [5, 5.41) is 9.56. The second kappa shape index (κ2) is 29.7. The van der Waals surface area contributed by atoms with Gasteiger partial charge in [0, 0.05) is 13.0 Å². The van der Waals surface area contributed by atoms with Crippen molar-refractivity contribution < 1.29 is 24.2 Å². The molecule has 0 heterocycles. The van der Waals surface area contributed by atoms with E-state index < -0.39 is 5.41 Å². The van der Waals surface area contributed by atoms with Crippen LogP contribution < -0.4 is 0 Å². The second-order valence-electron chi connectivity index (χ2n) is 16.2. The highest BCUT2D eigenvalue weighted by atomic mass is 16.5. The topological polar surface area (TPSA) is 76.1 Å². The van der Waals surface area contributed by atoms with Crippen LogP contribution in [0.1, 0.15) is 196 Å². The smallest absolute Gasteiger partial charge is 0.311 e. The highest BCUT2D eigenvalue weighted by Crippen LogP contribution is 2.27. The summed E-state index contributed by atoms with van der Waals surface area (Å²) in [5.41, 5.74) is -0.400. The van der Waals surface area contributed by atoms with Crippen LogP contribution in [0.15, 0.2) is 0 Å². The van der Waals surface area contributed by atoms with Crippen molar-refractivity contribution in [2.24, 2.45) is 16.7 Å². The second-order valence-corrected chi connectivity index (χ2v) is 16.2. The van der Waals surface area contributed by atoms with Crippen molar-refractivity contribution in [3.63, 3.8) is 0 Å². The lowest BCUT2D eigenvalue weighted by atomic mass is 9.87. The molecule has 0 radical (unpaired) electrons. The van der Waals surface area contributed by atoms with Crippen molar-refractivity contribution in [3.8, 4) is 0 Å². The molecule has 0 amide bonds. The van der Waals surface area contributed by atoms with Gasteiger partial charge in [0.2, 0.25) is 0 Å². The number of hydrogen-bond donors (Lipinski definition) is 1. The van der Waals surface area contributed by atoms with Crippen LogP contribution in [0, 0.1) is 16.7 Å². The third-order valence-electron chi connectivity index (χ3n) is 9.59. The van der Waals surface area contributed by atoms with E-state index in [0.29, 0.717) is 19.6 Å². The summed E-state index contributed by atoms with van der Waals surface area (Å²) >= 11 is 0. The summed E-state index contributed by atoms with van der Waals surface area (Å²) in [4.78, 5) is 27.2. The highest BCUT2D eigenvalue weighted by Gasteiger charge is 2.28. The Labute approximate surface area is 292 Å². The monoisotopic (exact) mass is 668 g/mol. The van der Waals surface area contributed by atoms with Gasteiger partial charge in [-0.05, 0) is 76.8 Å². The summed E-state index contributed by atoms with van der Waals surface area (Å²) in [7, 11) is 0. The number of rotatable bonds is 34. The van der Waals surface area contributed by atoms with Gasteiger partial charge in [0.05, 0.1) is 25.2 Å². The van der Waals surface area contributed by atoms with Gasteiger partial charge in [0.25, 0.3) is 0 Å². The van der Waals surface area contributed by atoms with Crippen molar-refractivity contribution in [3.05, 3.63) is 0 Å². The Morgan fingerprint density at radius 1 is 0.638 bits per heavy atom. The minimum Gasteiger partial charge on any atom is -0.465 e. The fourth-order valence-corrected chi connectivity index (χ4v) is 6.14. The standard InChI is InChI=1S/C41H81NO5/c1-8-9-10-11-12-18-26-35-46-39(45)41(6,7)30-23-16-17-24-31-42(33-34-43)32-25-19-22-29-40(4,5)36-47-38(44)28-21-15-13-14-20-27-37(2)3/h37,43H,8-36H2,1-7H3. The Morgan fingerprint density at radius 3 is 1.81 bits per heavy atom. The van der Waals surface area contributed by atoms with Crippen molar-refractivity contribution in [2.75, 3.05) is 39.5 Å². The van der Waals surface area contributed by atoms with Gasteiger partial charge in [-0.25, -0.2) is 0 Å². The molecule has 280 valence electrons. The molecule has 0 atom stereocenters. The van der Waals surface area contributed by atoms with Crippen LogP contribution in [0.25, 0.3) is 0 Å². The number of carbonyl (C=O) groups is 2. The quantitative estimate of drug-likeness (QED) is 0.0544. The van der Waals surface area contributed by atoms with E-state index in [2.05, 4.69) is 39.5 Å². The van der Waals surface area contributed by atoms with Crippen molar-refractivity contribution >= 4 is 11.9 Å². The van der Waals surface area contributed by atoms with E-state index in [1.165, 1.54) is 57.8 Å². The maximum atomic E-state index is 12.6. The van der Waals surface area contributed by atoms with Crippen molar-refractivity contribution in [2.45, 2.75) is 196 Å². The first-order valence-corrected chi connectivity index (χ1v) is 20.1. The molecule has 47 heavy (non-hydrogen) atoms. The first-order valence-electron chi connectivity index (χ1n) is 20.1. The number of hydrogen-bond acceptors (Lipinski definition) is 6. The third kappa shape index (κ3) is 29.5. The lowest BCUT2D eigenvalue weighted by Gasteiger charge is -2.25. The molecule has 0 aliphatic heterocycles. The highest BCUT2D eigenvalue weighted by molar-refractivity contribution is 5.75. The van der Waals surface area contributed by atoms with Crippen LogP contribution in [0.2, 0.25) is 0 Å². The average molecular weight is 668 g/mol. The van der Waals surface area contributed by atoms with Gasteiger partial charge in [0.15, 0.2) is 0 Å². The summed E-state index contributed by atoms with van der Waals surface area (Å²) in [5.74, 6) is 0.699. The molecule has 0 bridgehead atoms. The van der Waals surface area contributed by atoms with Crippen LogP contribution in [-0.4, -0.2) is 61.4 Å². The molecular formula is C41H81NO5. The van der Waals surface area contributed by atoms with Crippen LogP contribution in [0.5, 0.6) is 0 Å². The van der Waals surface area contributed by atoms with E-state index in [1.807, 2.05) is 13.8 Å². The molecule has 6 nitrogen and oxygen atoms in total. The van der Waals surface area contributed by atoms with E-state index in [1.54, 1.807) is 0 Å². The van der Waals surface area contributed by atoms with Gasteiger partial charge in [-0.3, -0.25) is 9.59 Å². The Balaban J connectivity index is 3.95. The molecule has 0 unspecified atom stereocenters. The maximum Gasteiger partial charge on any atom is 0.311 e. The Hall–Kier alpha value is -1.14. The minimum absolute atomic E-state index is 0.0101. The third-order valence-corrected chi connectivity index (χ3v) is 9.59. The van der Waals surface area contributed by atoms with E-state index in [4.69, 9.17) is 9.47 Å². The summed E-state index contributed by atoms with van der Waals surface area (Å²) in [6.45, 7) is 19.3. The number of aliphatic hydroxyl groups is 1. The predicted octanol–water partition coefficient (Wildman–Crippen LogP) is 11.1. The van der Waals surface area contributed by atoms with E-state index in [0.717, 1.165) is 109 Å². The molecule has 0 aliphatic rings. The van der Waals surface area contributed by atoms with Gasteiger partial charge in [0.1, 0.15) is 0 Å². The summed E-state index contributed by atoms with van der Waals surface area (Å²) < 4.78 is 11.2. The molecule has 1 N–H and O–H groups in total. The van der Waals surface area contributed by atoms with Gasteiger partial charge in [-0.1, -0.05) is 137 Å². The molecule has 0 fully saturated rings. The van der Waals surface area contributed by atoms with E-state index in [9.17, 15) is 14.7 Å². The zero-order valence-corrected chi connectivity index (χ0v) is 32.6. The van der Waals surface area contributed by atoms with E-state index in [-0.39, 0.29) is 24.0 Å². The van der Waals surface area contributed by atoms with E-state index >= 15 is 0 Å². The number of ether oxygens (including phenoxy) is 2. The van der Waals surface area contributed by atoms with Crippen LogP contribution in [0.3, 0.4) is 0 Å². The summed E-state index contributed by atoms with van der Waals surface area (Å²) in [6, 6.07) is 0. The predicted molar refractivity (Wildman–Crippen MR) is 200 cm³/mol. The molecule has 0 spiro atoms. The lowest BCUT2D eigenvalue weighted by molar-refractivity contribution is -0.154. The van der Waals surface area contributed by atoms with Gasteiger partial charge in [-0.15, -0.1) is 0 Å². The zero-order chi connectivity index (χ0) is 35.2. The Bertz CT molecular complexity index is 735. The minimum atomic E-state index is -0.410. The van der Waals surface area contributed by atoms with Crippen molar-refractivity contribution in [1.29, 1.82) is 0 Å². The summed E-state index contributed by atoms with van der Waals surface area (Å²) in [6.07, 6.45) is 26.1. The number of unbranched alkanes of at least 4 members (excludes halogenated alkanes) is 15. The van der Waals surface area contributed by atoms with Crippen molar-refractivity contribution in [1.82, 2.24) is 4.90 Å². The molecule has 0 saturated carbocycles. The molecule has 0 rings (SSSR count). The van der Waals surface area contributed by atoms with Gasteiger partial charge >= 0.3 is 11.9 Å². The lowest BCUT2D eigenvalue weighted by Crippen LogP contribution is -2.29. The molecule has 0 aromatic rings.